The number of carbonyl (C=O) groups excluding carboxylic acids is 1. The van der Waals surface area contributed by atoms with Gasteiger partial charge in [-0.1, -0.05) is 36.0 Å². The number of nitrogens with two attached hydrogens (primary N) is 1. The average Bonchev–Trinajstić information content (AvgIpc) is 3.02. The van der Waals surface area contributed by atoms with Crippen molar-refractivity contribution in [1.29, 1.82) is 0 Å². The highest BCUT2D eigenvalue weighted by Crippen LogP contribution is 2.25. The molecule has 0 fully saturated rings. The second-order valence-corrected chi connectivity index (χ2v) is 6.35. The number of thioether (sulfide) groups is 1. The van der Waals surface area contributed by atoms with E-state index in [9.17, 15) is 9.90 Å². The van der Waals surface area contributed by atoms with Crippen LogP contribution in [0.25, 0.3) is 11.4 Å². The smallest absolute Gasteiger partial charge is 0.210 e. The van der Waals surface area contributed by atoms with Crippen molar-refractivity contribution in [3.05, 3.63) is 59.7 Å². The van der Waals surface area contributed by atoms with Gasteiger partial charge < -0.3 is 20.5 Å². The van der Waals surface area contributed by atoms with Crippen molar-refractivity contribution < 1.29 is 14.6 Å². The van der Waals surface area contributed by atoms with Gasteiger partial charge in [-0.2, -0.15) is 0 Å². The van der Waals surface area contributed by atoms with Crippen LogP contribution in [0.2, 0.25) is 0 Å². The molecular weight excluding hydrogens is 352 g/mol. The van der Waals surface area contributed by atoms with Gasteiger partial charge in [0.25, 0.3) is 0 Å². The van der Waals surface area contributed by atoms with Gasteiger partial charge in [-0.25, -0.2) is 4.68 Å². The number of benzene rings is 2. The van der Waals surface area contributed by atoms with E-state index in [0.29, 0.717) is 23.3 Å². The van der Waals surface area contributed by atoms with Crippen molar-refractivity contribution in [1.82, 2.24) is 14.9 Å². The van der Waals surface area contributed by atoms with Crippen LogP contribution < -0.4 is 15.7 Å². The highest BCUT2D eigenvalue weighted by atomic mass is 32.2. The molecule has 0 saturated heterocycles. The number of ether oxygens (including phenoxy) is 1. The average molecular weight is 369 g/mol. The second-order valence-electron chi connectivity index (χ2n) is 5.41. The van der Waals surface area contributed by atoms with E-state index in [1.165, 1.54) is 28.6 Å². The highest BCUT2D eigenvalue weighted by molar-refractivity contribution is 7.98. The quantitative estimate of drug-likeness (QED) is 0.499. The Kier molecular flexibility index (Phi) is 5.43. The lowest BCUT2D eigenvalue weighted by Gasteiger charge is -2.06. The summed E-state index contributed by atoms with van der Waals surface area (Å²) in [5.74, 6) is 6.86. The molecule has 0 atom stereocenters. The van der Waals surface area contributed by atoms with Crippen molar-refractivity contribution in [2.45, 2.75) is 17.8 Å². The Hall–Kier alpha value is -3.00. The summed E-state index contributed by atoms with van der Waals surface area (Å²) in [5, 5.41) is 19.6. The van der Waals surface area contributed by atoms with Gasteiger partial charge in [-0.05, 0) is 42.3 Å². The van der Waals surface area contributed by atoms with E-state index in [1.807, 2.05) is 31.2 Å². The van der Waals surface area contributed by atoms with Crippen molar-refractivity contribution in [3.8, 4) is 17.1 Å². The Bertz CT molecular complexity index is 892. The summed E-state index contributed by atoms with van der Waals surface area (Å²) in [5.41, 5.74) is 1.94. The Morgan fingerprint density at radius 2 is 1.85 bits per heavy atom. The van der Waals surface area contributed by atoms with E-state index in [4.69, 9.17) is 10.6 Å². The van der Waals surface area contributed by atoms with Crippen molar-refractivity contribution >= 4 is 17.7 Å². The zero-order valence-corrected chi connectivity index (χ0v) is 14.9. The van der Waals surface area contributed by atoms with Crippen LogP contribution in [0.1, 0.15) is 22.8 Å². The highest BCUT2D eigenvalue weighted by Gasteiger charge is 2.12. The minimum absolute atomic E-state index is 0.151. The first-order valence-electron chi connectivity index (χ1n) is 7.95. The van der Waals surface area contributed by atoms with Gasteiger partial charge in [0.15, 0.2) is 5.82 Å². The number of nitrogen functional groups attached to an aromatic ring is 1. The van der Waals surface area contributed by atoms with Crippen LogP contribution in [-0.2, 0) is 5.75 Å². The van der Waals surface area contributed by atoms with Crippen LogP contribution in [0, 0.1) is 0 Å². The van der Waals surface area contributed by atoms with E-state index in [-0.39, 0.29) is 5.56 Å². The normalized spacial score (nSPS) is 10.7. The van der Waals surface area contributed by atoms with Gasteiger partial charge >= 0.3 is 0 Å². The lowest BCUT2D eigenvalue weighted by molar-refractivity contribution is -0.255. The number of rotatable bonds is 7. The molecule has 7 nitrogen and oxygen atoms in total. The van der Waals surface area contributed by atoms with Crippen molar-refractivity contribution in [2.75, 3.05) is 12.4 Å². The fourth-order valence-corrected chi connectivity index (χ4v) is 3.14. The standard InChI is InChI=1S/C18H18N4O3S/c1-2-25-15-9-7-13(8-10-15)16-20-21-18(22(16)19)26-11-12-3-5-14(6-4-12)17(23)24/h3-10H,2,11,19H2,1H3,(H,23,24)/p-1. The molecule has 0 amide bonds. The van der Waals surface area contributed by atoms with E-state index in [2.05, 4.69) is 10.2 Å². The maximum absolute atomic E-state index is 10.8. The van der Waals surface area contributed by atoms with Gasteiger partial charge in [0.05, 0.1) is 12.6 Å². The molecule has 0 aliphatic rings. The molecule has 2 N–H and O–H groups in total. The lowest BCUT2D eigenvalue weighted by atomic mass is 10.1. The molecule has 0 aliphatic heterocycles. The first-order valence-corrected chi connectivity index (χ1v) is 8.94. The van der Waals surface area contributed by atoms with Gasteiger partial charge in [-0.3, -0.25) is 0 Å². The van der Waals surface area contributed by atoms with Gasteiger partial charge in [0, 0.05) is 11.3 Å². The monoisotopic (exact) mass is 369 g/mol. The van der Waals surface area contributed by atoms with Crippen LogP contribution in [0.3, 0.4) is 0 Å². The Morgan fingerprint density at radius 1 is 1.15 bits per heavy atom. The molecule has 1 aromatic heterocycles. The summed E-state index contributed by atoms with van der Waals surface area (Å²) in [6.45, 7) is 2.54. The molecule has 0 bridgehead atoms. The maximum atomic E-state index is 10.8. The molecule has 0 spiro atoms. The van der Waals surface area contributed by atoms with Crippen LogP contribution in [0.5, 0.6) is 5.75 Å². The molecule has 0 radical (unpaired) electrons. The number of hydrogen-bond acceptors (Lipinski definition) is 7. The van der Waals surface area contributed by atoms with Gasteiger partial charge in [0.1, 0.15) is 5.75 Å². The maximum Gasteiger partial charge on any atom is 0.210 e. The van der Waals surface area contributed by atoms with Gasteiger partial charge in [0.2, 0.25) is 5.16 Å². The third kappa shape index (κ3) is 3.97. The summed E-state index contributed by atoms with van der Waals surface area (Å²) in [7, 11) is 0. The molecule has 0 aliphatic carbocycles. The predicted molar refractivity (Wildman–Crippen MR) is 97.1 cm³/mol. The van der Waals surface area contributed by atoms with Gasteiger partial charge in [-0.15, -0.1) is 10.2 Å². The molecular formula is C18H17N4O3S-. The molecule has 3 aromatic rings. The zero-order valence-electron chi connectivity index (χ0n) is 14.1. The van der Waals surface area contributed by atoms with E-state index < -0.39 is 5.97 Å². The number of carboxylic acids is 1. The minimum Gasteiger partial charge on any atom is -0.545 e. The number of aromatic carboxylic acids is 1. The number of aromatic nitrogens is 3. The van der Waals surface area contributed by atoms with Crippen molar-refractivity contribution in [3.63, 3.8) is 0 Å². The first kappa shape index (κ1) is 17.8. The Labute approximate surface area is 154 Å². The topological polar surface area (TPSA) is 106 Å². The van der Waals surface area contributed by atoms with E-state index in [0.717, 1.165) is 16.9 Å². The van der Waals surface area contributed by atoms with Crippen molar-refractivity contribution in [2.24, 2.45) is 0 Å². The van der Waals surface area contributed by atoms with E-state index >= 15 is 0 Å². The first-order chi connectivity index (χ1) is 12.6. The molecule has 134 valence electrons. The molecule has 0 unspecified atom stereocenters. The molecule has 3 rings (SSSR count). The third-order valence-corrected chi connectivity index (χ3v) is 4.66. The molecule has 26 heavy (non-hydrogen) atoms. The number of nitrogens with zero attached hydrogens (tertiary/aromatic N) is 3. The van der Waals surface area contributed by atoms with E-state index in [1.54, 1.807) is 12.1 Å². The summed E-state index contributed by atoms with van der Waals surface area (Å²) >= 11 is 1.42. The minimum atomic E-state index is -1.19. The molecule has 8 heteroatoms. The van der Waals surface area contributed by atoms with Crippen LogP contribution in [-0.4, -0.2) is 27.4 Å². The Morgan fingerprint density at radius 3 is 2.46 bits per heavy atom. The molecule has 2 aromatic carbocycles. The fourth-order valence-electron chi connectivity index (χ4n) is 2.32. The lowest BCUT2D eigenvalue weighted by Crippen LogP contribution is -2.21. The summed E-state index contributed by atoms with van der Waals surface area (Å²) in [4.78, 5) is 10.8. The molecule has 0 saturated carbocycles. The number of carbonyl (C=O) groups is 1. The van der Waals surface area contributed by atoms with Crippen LogP contribution in [0.15, 0.2) is 53.7 Å². The van der Waals surface area contributed by atoms with Crippen LogP contribution >= 0.6 is 11.8 Å². The number of hydrogen-bond donors (Lipinski definition) is 1. The zero-order chi connectivity index (χ0) is 18.5. The van der Waals surface area contributed by atoms with Crippen LogP contribution in [0.4, 0.5) is 0 Å². The third-order valence-electron chi connectivity index (χ3n) is 3.65. The summed E-state index contributed by atoms with van der Waals surface area (Å²) in [6.07, 6.45) is 0. The fraction of sp³-hybridized carbons (Fsp3) is 0.167. The second kappa shape index (κ2) is 7.92. The summed E-state index contributed by atoms with van der Waals surface area (Å²) in [6, 6.07) is 14.0. The molecule has 1 heterocycles. The predicted octanol–water partition coefficient (Wildman–Crippen LogP) is 1.71. The Balaban J connectivity index is 1.69. The largest absolute Gasteiger partial charge is 0.545 e. The summed E-state index contributed by atoms with van der Waals surface area (Å²) < 4.78 is 6.86. The SMILES string of the molecule is CCOc1ccc(-c2nnc(SCc3ccc(C(=O)[O-])cc3)n2N)cc1. The number of carboxylic acid groups (broad SMARTS) is 1.